The maximum atomic E-state index is 12.2. The lowest BCUT2D eigenvalue weighted by Crippen LogP contribution is -3.00. The molecule has 9 heteroatoms. The third kappa shape index (κ3) is 4.26. The van der Waals surface area contributed by atoms with Gasteiger partial charge in [0.25, 0.3) is 5.69 Å². The number of carbonyl (C=O) groups excluding carboxylic acids is 1. The molecule has 0 spiro atoms. The van der Waals surface area contributed by atoms with Crippen LogP contribution in [0.25, 0.3) is 11.0 Å². The molecule has 1 aliphatic heterocycles. The van der Waals surface area contributed by atoms with Crippen LogP contribution in [0.5, 0.6) is 0 Å². The van der Waals surface area contributed by atoms with Crippen LogP contribution in [0.4, 0.5) is 5.69 Å². The smallest absolute Gasteiger partial charge is 0.361 e. The fraction of sp³-hybridized carbons (Fsp3) is 0.500. The highest BCUT2D eigenvalue weighted by Gasteiger charge is 2.21. The summed E-state index contributed by atoms with van der Waals surface area (Å²) in [5.41, 5.74) is 0.130. The van der Waals surface area contributed by atoms with Crippen molar-refractivity contribution in [2.45, 2.75) is 32.2 Å². The van der Waals surface area contributed by atoms with Crippen molar-refractivity contribution in [2.75, 3.05) is 19.7 Å². The third-order valence-corrected chi connectivity index (χ3v) is 4.41. The molecule has 0 radical (unpaired) electrons. The van der Waals surface area contributed by atoms with Gasteiger partial charge in [-0.2, -0.15) is 0 Å². The number of hydrogen-bond donors (Lipinski definition) is 0. The fourth-order valence-corrected chi connectivity index (χ4v) is 3.00. The molecular weight excluding hydrogens is 350 g/mol. The minimum absolute atomic E-state index is 0. The van der Waals surface area contributed by atoms with Gasteiger partial charge in [-0.05, 0) is 32.4 Å². The second kappa shape index (κ2) is 8.26. The Morgan fingerprint density at radius 2 is 2.28 bits per heavy atom. The molecule has 25 heavy (non-hydrogen) atoms. The first-order valence-electron chi connectivity index (χ1n) is 8.01. The molecule has 1 fully saturated rings. The number of nitro benzene ring substituents is 1. The van der Waals surface area contributed by atoms with E-state index in [0.29, 0.717) is 18.0 Å². The Hall–Kier alpha value is -2.19. The number of carbonyl (C=O) groups is 1. The van der Waals surface area contributed by atoms with E-state index in [0.717, 1.165) is 6.54 Å². The molecule has 3 rings (SSSR count). The van der Waals surface area contributed by atoms with Crippen molar-refractivity contribution < 1.29 is 31.4 Å². The number of nitro groups is 1. The van der Waals surface area contributed by atoms with Crippen LogP contribution in [0.2, 0.25) is 0 Å². The molecule has 8 nitrogen and oxygen atoms in total. The van der Waals surface area contributed by atoms with E-state index in [1.54, 1.807) is 0 Å². The largest absolute Gasteiger partial charge is 1.00 e. The van der Waals surface area contributed by atoms with Gasteiger partial charge in [-0.1, -0.05) is 11.6 Å². The van der Waals surface area contributed by atoms with Gasteiger partial charge < -0.3 is 21.7 Å². The second-order valence-corrected chi connectivity index (χ2v) is 5.99. The topological polar surface area (TPSA) is 98.7 Å². The second-order valence-electron chi connectivity index (χ2n) is 5.99. The lowest BCUT2D eigenvalue weighted by Gasteiger charge is -2.32. The molecular formula is C16H19ClN3O5-. The zero-order chi connectivity index (χ0) is 17.1. The summed E-state index contributed by atoms with van der Waals surface area (Å²) in [7, 11) is 0. The molecule has 1 atom stereocenters. The number of benzene rings is 1. The van der Waals surface area contributed by atoms with Gasteiger partial charge in [-0.3, -0.25) is 15.0 Å². The third-order valence-electron chi connectivity index (χ3n) is 4.41. The van der Waals surface area contributed by atoms with Crippen LogP contribution >= 0.6 is 0 Å². The molecule has 2 heterocycles. The number of aromatic nitrogens is 1. The van der Waals surface area contributed by atoms with Crippen molar-refractivity contribution in [3.8, 4) is 0 Å². The van der Waals surface area contributed by atoms with Crippen LogP contribution in [-0.2, 0) is 4.74 Å². The fourth-order valence-electron chi connectivity index (χ4n) is 3.00. The molecule has 1 saturated heterocycles. The summed E-state index contributed by atoms with van der Waals surface area (Å²) in [4.78, 5) is 24.7. The Morgan fingerprint density at radius 3 is 3.00 bits per heavy atom. The predicted octanol–water partition coefficient (Wildman–Crippen LogP) is -0.229. The summed E-state index contributed by atoms with van der Waals surface area (Å²) in [6.07, 6.45) is 3.58. The van der Waals surface area contributed by atoms with E-state index in [1.165, 1.54) is 37.5 Å². The van der Waals surface area contributed by atoms with Gasteiger partial charge in [0.05, 0.1) is 16.4 Å². The molecule has 0 saturated carbocycles. The lowest BCUT2D eigenvalue weighted by molar-refractivity contribution is -0.384. The van der Waals surface area contributed by atoms with E-state index in [-0.39, 0.29) is 36.0 Å². The molecule has 1 aromatic heterocycles. The number of nitrogens with zero attached hydrogens (tertiary/aromatic N) is 3. The van der Waals surface area contributed by atoms with E-state index in [9.17, 15) is 14.9 Å². The van der Waals surface area contributed by atoms with Gasteiger partial charge in [0.2, 0.25) is 0 Å². The minimum atomic E-state index is -0.577. The minimum Gasteiger partial charge on any atom is -1.00 e. The number of hydrogen-bond acceptors (Lipinski definition) is 7. The Balaban J connectivity index is 0.00000225. The molecule has 136 valence electrons. The highest BCUT2D eigenvalue weighted by atomic mass is 35.5. The Morgan fingerprint density at radius 1 is 1.48 bits per heavy atom. The van der Waals surface area contributed by atoms with Crippen LogP contribution in [0, 0.1) is 10.1 Å². The monoisotopic (exact) mass is 368 g/mol. The van der Waals surface area contributed by atoms with Gasteiger partial charge in [-0.15, -0.1) is 0 Å². The van der Waals surface area contributed by atoms with E-state index in [4.69, 9.17) is 9.26 Å². The number of fused-ring (bicyclic) bond motifs is 1. The van der Waals surface area contributed by atoms with Gasteiger partial charge in [0.15, 0.2) is 11.3 Å². The Labute approximate surface area is 150 Å². The molecule has 1 unspecified atom stereocenters. The highest BCUT2D eigenvalue weighted by Crippen LogP contribution is 2.24. The van der Waals surface area contributed by atoms with E-state index >= 15 is 0 Å². The van der Waals surface area contributed by atoms with Gasteiger partial charge in [0, 0.05) is 18.7 Å². The predicted molar refractivity (Wildman–Crippen MR) is 85.8 cm³/mol. The molecule has 0 amide bonds. The average Bonchev–Trinajstić information content (AvgIpc) is 2.99. The van der Waals surface area contributed by atoms with Crippen LogP contribution in [0.1, 0.15) is 36.7 Å². The van der Waals surface area contributed by atoms with Crippen molar-refractivity contribution >= 4 is 22.6 Å². The average molecular weight is 369 g/mol. The summed E-state index contributed by atoms with van der Waals surface area (Å²) in [6.45, 7) is 4.17. The molecule has 1 aromatic carbocycles. The van der Waals surface area contributed by atoms with Crippen LogP contribution in [0.3, 0.4) is 0 Å². The van der Waals surface area contributed by atoms with Crippen molar-refractivity contribution in [2.24, 2.45) is 0 Å². The van der Waals surface area contributed by atoms with Gasteiger partial charge in [-0.25, -0.2) is 4.79 Å². The number of ether oxygens (including phenoxy) is 1. The first kappa shape index (κ1) is 19.1. The summed E-state index contributed by atoms with van der Waals surface area (Å²) in [5.74, 6) is -0.577. The van der Waals surface area contributed by atoms with E-state index in [2.05, 4.69) is 17.0 Å². The van der Waals surface area contributed by atoms with Gasteiger partial charge in [0.1, 0.15) is 6.61 Å². The highest BCUT2D eigenvalue weighted by molar-refractivity contribution is 6.01. The van der Waals surface area contributed by atoms with Crippen molar-refractivity contribution in [1.29, 1.82) is 0 Å². The molecule has 0 aliphatic carbocycles. The first-order chi connectivity index (χ1) is 11.6. The quantitative estimate of drug-likeness (QED) is 0.408. The molecule has 2 aromatic rings. The van der Waals surface area contributed by atoms with Crippen molar-refractivity contribution in [3.05, 3.63) is 34.0 Å². The standard InChI is InChI=1S/C16H19N3O5.ClH/c1-11-4-2-3-7-18(11)8-9-23-16(20)15-13-6-5-12(19(21)22)10-14(13)24-17-15;/h5-6,10-11H,2-4,7-9H2,1H3;1H/p-1. The maximum absolute atomic E-state index is 12.2. The lowest BCUT2D eigenvalue weighted by atomic mass is 10.0. The summed E-state index contributed by atoms with van der Waals surface area (Å²) >= 11 is 0. The normalized spacial score (nSPS) is 17.9. The number of piperidine rings is 1. The number of esters is 1. The maximum Gasteiger partial charge on any atom is 0.361 e. The summed E-state index contributed by atoms with van der Waals surface area (Å²) < 4.78 is 10.3. The Bertz CT molecular complexity index is 763. The summed E-state index contributed by atoms with van der Waals surface area (Å²) in [5, 5.41) is 14.9. The van der Waals surface area contributed by atoms with Crippen molar-refractivity contribution in [3.63, 3.8) is 0 Å². The zero-order valence-corrected chi connectivity index (χ0v) is 14.6. The molecule has 1 aliphatic rings. The SMILES string of the molecule is CC1CCCCN1CCOC(=O)c1noc2cc([N+](=O)[O-])ccc12.[Cl-]. The molecule has 0 N–H and O–H groups in total. The first-order valence-corrected chi connectivity index (χ1v) is 8.01. The number of halogens is 1. The molecule has 0 bridgehead atoms. The van der Waals surface area contributed by atoms with Crippen LogP contribution < -0.4 is 12.4 Å². The van der Waals surface area contributed by atoms with Gasteiger partial charge >= 0.3 is 5.97 Å². The van der Waals surface area contributed by atoms with E-state index < -0.39 is 10.9 Å². The number of non-ortho nitro benzene ring substituents is 1. The van der Waals surface area contributed by atoms with E-state index in [1.807, 2.05) is 0 Å². The van der Waals surface area contributed by atoms with Crippen molar-refractivity contribution in [1.82, 2.24) is 10.1 Å². The number of rotatable bonds is 5. The zero-order valence-electron chi connectivity index (χ0n) is 13.8. The van der Waals surface area contributed by atoms with Crippen LogP contribution in [0.15, 0.2) is 22.7 Å². The Kier molecular flexibility index (Phi) is 6.33. The summed E-state index contributed by atoms with van der Waals surface area (Å²) in [6, 6.07) is 4.51. The van der Waals surface area contributed by atoms with Crippen LogP contribution in [-0.4, -0.2) is 46.7 Å². The number of likely N-dealkylation sites (tertiary alicyclic amines) is 1.